The maximum absolute atomic E-state index is 14.0. The van der Waals surface area contributed by atoms with E-state index in [-0.39, 0.29) is 17.7 Å². The first-order valence-corrected chi connectivity index (χ1v) is 6.46. The molecule has 0 spiro atoms. The number of hydrogen-bond donors (Lipinski definition) is 0. The van der Waals surface area contributed by atoms with E-state index in [4.69, 9.17) is 4.74 Å². The van der Waals surface area contributed by atoms with Gasteiger partial charge in [-0.3, -0.25) is 4.90 Å². The average Bonchev–Trinajstić information content (AvgIpc) is 2.35. The molecule has 2 nitrogen and oxygen atoms in total. The Labute approximate surface area is 115 Å². The number of morpholine rings is 1. The zero-order valence-electron chi connectivity index (χ0n) is 11.5. The Morgan fingerprint density at radius 1 is 1.20 bits per heavy atom. The molecule has 20 heavy (non-hydrogen) atoms. The van der Waals surface area contributed by atoms with Crippen LogP contribution in [0.3, 0.4) is 0 Å². The Morgan fingerprint density at radius 3 is 2.35 bits per heavy atom. The maximum Gasteiger partial charge on any atom is 0.419 e. The highest BCUT2D eigenvalue weighted by molar-refractivity contribution is 5.40. The van der Waals surface area contributed by atoms with Gasteiger partial charge in [0.2, 0.25) is 0 Å². The van der Waals surface area contributed by atoms with Crippen molar-refractivity contribution in [1.29, 1.82) is 0 Å². The Kier molecular flexibility index (Phi) is 4.34. The van der Waals surface area contributed by atoms with Crippen LogP contribution >= 0.6 is 0 Å². The van der Waals surface area contributed by atoms with Crippen LogP contribution < -0.4 is 0 Å². The van der Waals surface area contributed by atoms with Crippen LogP contribution in [0.15, 0.2) is 6.07 Å². The lowest BCUT2D eigenvalue weighted by atomic mass is 9.98. The molecule has 1 saturated heterocycles. The summed E-state index contributed by atoms with van der Waals surface area (Å²) in [4.78, 5) is 1.85. The first kappa shape index (κ1) is 15.3. The molecular weight excluding hydrogens is 274 g/mol. The normalized spacial score (nSPS) is 17.5. The van der Waals surface area contributed by atoms with Gasteiger partial charge >= 0.3 is 6.18 Å². The van der Waals surface area contributed by atoms with Crippen molar-refractivity contribution in [1.82, 2.24) is 4.90 Å². The largest absolute Gasteiger partial charge is 0.419 e. The quantitative estimate of drug-likeness (QED) is 0.775. The highest BCUT2D eigenvalue weighted by atomic mass is 19.4. The number of rotatable bonds is 2. The van der Waals surface area contributed by atoms with Crippen molar-refractivity contribution in [3.05, 3.63) is 34.1 Å². The fraction of sp³-hybridized carbons (Fsp3) is 0.571. The molecule has 1 aliphatic rings. The average molecular weight is 291 g/mol. The molecule has 1 fully saturated rings. The second-order valence-electron chi connectivity index (χ2n) is 5.05. The third-order valence-electron chi connectivity index (χ3n) is 3.63. The molecule has 1 aliphatic heterocycles. The van der Waals surface area contributed by atoms with Crippen LogP contribution in [0.4, 0.5) is 17.6 Å². The molecule has 0 aromatic heterocycles. The molecule has 112 valence electrons. The summed E-state index contributed by atoms with van der Waals surface area (Å²) >= 11 is 0. The number of hydrogen-bond acceptors (Lipinski definition) is 2. The van der Waals surface area contributed by atoms with Crippen molar-refractivity contribution < 1.29 is 22.3 Å². The van der Waals surface area contributed by atoms with Gasteiger partial charge in [-0.1, -0.05) is 6.07 Å². The summed E-state index contributed by atoms with van der Waals surface area (Å²) < 4.78 is 58.4. The molecule has 0 aliphatic carbocycles. The van der Waals surface area contributed by atoms with Crippen LogP contribution in [0.2, 0.25) is 0 Å². The van der Waals surface area contributed by atoms with Crippen molar-refractivity contribution in [2.75, 3.05) is 26.3 Å². The van der Waals surface area contributed by atoms with E-state index in [1.54, 1.807) is 6.92 Å². The van der Waals surface area contributed by atoms with Gasteiger partial charge < -0.3 is 4.74 Å². The van der Waals surface area contributed by atoms with Gasteiger partial charge in [0, 0.05) is 19.6 Å². The van der Waals surface area contributed by atoms with Crippen molar-refractivity contribution >= 4 is 0 Å². The topological polar surface area (TPSA) is 12.5 Å². The SMILES string of the molecule is Cc1cc(CN2CCOCC2)c(C(F)(F)F)c(F)c1C. The van der Waals surface area contributed by atoms with Crippen molar-refractivity contribution in [3.63, 3.8) is 0 Å². The summed E-state index contributed by atoms with van der Waals surface area (Å²) in [7, 11) is 0. The summed E-state index contributed by atoms with van der Waals surface area (Å²) in [5.74, 6) is -1.15. The lowest BCUT2D eigenvalue weighted by molar-refractivity contribution is -0.141. The smallest absolute Gasteiger partial charge is 0.379 e. The predicted octanol–water partition coefficient (Wildman–Crippen LogP) is 3.29. The molecule has 0 amide bonds. The van der Waals surface area contributed by atoms with E-state index in [2.05, 4.69) is 0 Å². The van der Waals surface area contributed by atoms with E-state index in [9.17, 15) is 17.6 Å². The first-order chi connectivity index (χ1) is 9.30. The summed E-state index contributed by atoms with van der Waals surface area (Å²) in [5, 5.41) is 0. The van der Waals surface area contributed by atoms with Crippen molar-refractivity contribution in [2.45, 2.75) is 26.6 Å². The summed E-state index contributed by atoms with van der Waals surface area (Å²) in [6.07, 6.45) is -4.68. The molecule has 1 aromatic carbocycles. The number of benzene rings is 1. The van der Waals surface area contributed by atoms with Crippen LogP contribution in [-0.4, -0.2) is 31.2 Å². The van der Waals surface area contributed by atoms with Crippen molar-refractivity contribution in [3.8, 4) is 0 Å². The van der Waals surface area contributed by atoms with Gasteiger partial charge in [0.15, 0.2) is 0 Å². The molecular formula is C14H17F4NO. The highest BCUT2D eigenvalue weighted by Crippen LogP contribution is 2.36. The van der Waals surface area contributed by atoms with Gasteiger partial charge in [0.05, 0.1) is 18.8 Å². The third kappa shape index (κ3) is 3.12. The number of nitrogens with zero attached hydrogens (tertiary/aromatic N) is 1. The fourth-order valence-electron chi connectivity index (χ4n) is 2.37. The van der Waals surface area contributed by atoms with E-state index < -0.39 is 17.6 Å². The summed E-state index contributed by atoms with van der Waals surface area (Å²) in [5.41, 5.74) is -0.533. The van der Waals surface area contributed by atoms with Crippen molar-refractivity contribution in [2.24, 2.45) is 0 Å². The summed E-state index contributed by atoms with van der Waals surface area (Å²) in [6, 6.07) is 1.44. The molecule has 1 heterocycles. The van der Waals surface area contributed by atoms with Crippen LogP contribution in [0.5, 0.6) is 0 Å². The molecule has 0 unspecified atom stereocenters. The molecule has 1 aromatic rings. The second-order valence-corrected chi connectivity index (χ2v) is 5.05. The standard InChI is InChI=1S/C14H17F4NO/c1-9-7-11(8-19-3-5-20-6-4-19)12(14(16,17)18)13(15)10(9)2/h7H,3-6,8H2,1-2H3. The lowest BCUT2D eigenvalue weighted by Gasteiger charge is -2.28. The minimum Gasteiger partial charge on any atom is -0.379 e. The Bertz CT molecular complexity index is 493. The minimum atomic E-state index is -4.68. The molecule has 0 radical (unpaired) electrons. The predicted molar refractivity (Wildman–Crippen MR) is 67.0 cm³/mol. The van der Waals surface area contributed by atoms with Crippen LogP contribution in [0.1, 0.15) is 22.3 Å². The number of alkyl halides is 3. The number of halogens is 4. The van der Waals surface area contributed by atoms with Gasteiger partial charge in [-0.25, -0.2) is 4.39 Å². The second kappa shape index (κ2) is 5.69. The minimum absolute atomic E-state index is 0.000000000000000222. The van der Waals surface area contributed by atoms with Gasteiger partial charge in [0.25, 0.3) is 0 Å². The van der Waals surface area contributed by atoms with E-state index in [0.717, 1.165) is 0 Å². The van der Waals surface area contributed by atoms with Crippen LogP contribution in [0, 0.1) is 19.7 Å². The first-order valence-electron chi connectivity index (χ1n) is 6.46. The molecule has 2 rings (SSSR count). The fourth-order valence-corrected chi connectivity index (χ4v) is 2.37. The Balaban J connectivity index is 2.40. The molecule has 0 N–H and O–H groups in total. The lowest BCUT2D eigenvalue weighted by Crippen LogP contribution is -2.36. The van der Waals surface area contributed by atoms with Gasteiger partial charge in [-0.15, -0.1) is 0 Å². The van der Waals surface area contributed by atoms with Gasteiger partial charge in [-0.05, 0) is 30.5 Å². The van der Waals surface area contributed by atoms with E-state index in [1.165, 1.54) is 13.0 Å². The molecule has 6 heteroatoms. The van der Waals surface area contributed by atoms with Crippen LogP contribution in [-0.2, 0) is 17.5 Å². The zero-order chi connectivity index (χ0) is 14.9. The van der Waals surface area contributed by atoms with Gasteiger partial charge in [0.1, 0.15) is 5.82 Å². The Morgan fingerprint density at radius 2 is 1.80 bits per heavy atom. The molecule has 0 saturated carbocycles. The summed E-state index contributed by atoms with van der Waals surface area (Å²) in [6.45, 7) is 5.21. The number of ether oxygens (including phenoxy) is 1. The molecule has 0 atom stereocenters. The number of aryl methyl sites for hydroxylation is 1. The highest BCUT2D eigenvalue weighted by Gasteiger charge is 2.38. The van der Waals surface area contributed by atoms with E-state index in [1.807, 2.05) is 4.90 Å². The molecule has 0 bridgehead atoms. The van der Waals surface area contributed by atoms with Crippen LogP contribution in [0.25, 0.3) is 0 Å². The third-order valence-corrected chi connectivity index (χ3v) is 3.63. The maximum atomic E-state index is 14.0. The van der Waals surface area contributed by atoms with Gasteiger partial charge in [-0.2, -0.15) is 13.2 Å². The zero-order valence-corrected chi connectivity index (χ0v) is 11.5. The Hall–Kier alpha value is -1.14. The van der Waals surface area contributed by atoms with E-state index in [0.29, 0.717) is 31.9 Å². The monoisotopic (exact) mass is 291 g/mol. The van der Waals surface area contributed by atoms with E-state index >= 15 is 0 Å².